The van der Waals surface area contributed by atoms with Gasteiger partial charge in [0.2, 0.25) is 5.88 Å². The molecule has 92 valence electrons. The zero-order chi connectivity index (χ0) is 12.3. The van der Waals surface area contributed by atoms with Crippen LogP contribution in [0, 0.1) is 0 Å². The predicted octanol–water partition coefficient (Wildman–Crippen LogP) is 2.02. The molecule has 0 saturated carbocycles. The van der Waals surface area contributed by atoms with Gasteiger partial charge >= 0.3 is 0 Å². The fourth-order valence-corrected chi connectivity index (χ4v) is 2.79. The lowest BCUT2D eigenvalue weighted by Gasteiger charge is -2.20. The molecule has 1 fully saturated rings. The minimum Gasteiger partial charge on any atom is -0.478 e. The van der Waals surface area contributed by atoms with Crippen molar-refractivity contribution in [3.8, 4) is 5.88 Å². The molecule has 2 rings (SSSR count). The summed E-state index contributed by atoms with van der Waals surface area (Å²) in [4.78, 5) is 18.1. The molecule has 0 radical (unpaired) electrons. The molecule has 1 amide bonds. The summed E-state index contributed by atoms with van der Waals surface area (Å²) >= 11 is 1.80. The van der Waals surface area contributed by atoms with Crippen LogP contribution in [0.3, 0.4) is 0 Å². The van der Waals surface area contributed by atoms with Gasteiger partial charge in [0.15, 0.2) is 0 Å². The van der Waals surface area contributed by atoms with Crippen molar-refractivity contribution in [1.29, 1.82) is 0 Å². The van der Waals surface area contributed by atoms with E-state index in [1.54, 1.807) is 30.1 Å². The summed E-state index contributed by atoms with van der Waals surface area (Å²) in [6.07, 6.45) is 1.59. The Hall–Kier alpha value is -1.23. The Morgan fingerprint density at radius 1 is 1.65 bits per heavy atom. The van der Waals surface area contributed by atoms with Gasteiger partial charge in [-0.3, -0.25) is 4.79 Å². The molecule has 0 aromatic carbocycles. The van der Waals surface area contributed by atoms with Crippen LogP contribution in [0.1, 0.15) is 24.2 Å². The number of ether oxygens (including phenoxy) is 1. The summed E-state index contributed by atoms with van der Waals surface area (Å²) in [7, 11) is 0. The van der Waals surface area contributed by atoms with Gasteiger partial charge in [-0.1, -0.05) is 0 Å². The van der Waals surface area contributed by atoms with E-state index in [-0.39, 0.29) is 11.3 Å². The Morgan fingerprint density at radius 3 is 3.00 bits per heavy atom. The Labute approximate surface area is 105 Å². The zero-order valence-corrected chi connectivity index (χ0v) is 10.9. The molecule has 0 N–H and O–H groups in total. The third-order valence-corrected chi connectivity index (χ3v) is 3.82. The smallest absolute Gasteiger partial charge is 0.256 e. The number of amides is 1. The predicted molar refractivity (Wildman–Crippen MR) is 68.4 cm³/mol. The van der Waals surface area contributed by atoms with Crippen LogP contribution in [-0.4, -0.2) is 40.1 Å². The van der Waals surface area contributed by atoms with E-state index in [1.807, 2.05) is 11.8 Å². The van der Waals surface area contributed by atoms with E-state index < -0.39 is 0 Å². The molecule has 0 aliphatic carbocycles. The topological polar surface area (TPSA) is 42.4 Å². The Bertz CT molecular complexity index is 394. The normalized spacial score (nSPS) is 19.4. The molecular weight excluding hydrogens is 236 g/mol. The van der Waals surface area contributed by atoms with Crippen molar-refractivity contribution in [3.05, 3.63) is 23.9 Å². The molecule has 1 aliphatic rings. The van der Waals surface area contributed by atoms with Crippen LogP contribution in [0.4, 0.5) is 0 Å². The first-order valence-electron chi connectivity index (χ1n) is 5.73. The summed E-state index contributed by atoms with van der Waals surface area (Å²) in [6, 6.07) is 3.51. The van der Waals surface area contributed by atoms with Crippen LogP contribution >= 0.6 is 11.8 Å². The molecule has 1 aliphatic heterocycles. The second-order valence-corrected chi connectivity index (χ2v) is 5.21. The molecule has 5 heteroatoms. The van der Waals surface area contributed by atoms with E-state index in [0.29, 0.717) is 18.1 Å². The maximum absolute atomic E-state index is 12.2. The maximum atomic E-state index is 12.2. The van der Waals surface area contributed by atoms with Crippen LogP contribution in [-0.2, 0) is 0 Å². The molecule has 1 unspecified atom stereocenters. The van der Waals surface area contributed by atoms with Crippen LogP contribution in [0.15, 0.2) is 18.3 Å². The van der Waals surface area contributed by atoms with Crippen LogP contribution in [0.5, 0.6) is 5.88 Å². The summed E-state index contributed by atoms with van der Waals surface area (Å²) in [5.74, 6) is 1.63. The highest BCUT2D eigenvalue weighted by Crippen LogP contribution is 2.24. The van der Waals surface area contributed by atoms with Crippen molar-refractivity contribution >= 4 is 17.7 Å². The van der Waals surface area contributed by atoms with Crippen LogP contribution in [0.2, 0.25) is 0 Å². The van der Waals surface area contributed by atoms with Crippen molar-refractivity contribution in [3.63, 3.8) is 0 Å². The summed E-state index contributed by atoms with van der Waals surface area (Å²) in [5.41, 5.74) is 0.628. The minimum atomic E-state index is 0.0537. The van der Waals surface area contributed by atoms with E-state index in [4.69, 9.17) is 4.74 Å². The van der Waals surface area contributed by atoms with E-state index >= 15 is 0 Å². The number of hydrogen-bond acceptors (Lipinski definition) is 4. The number of carbonyl (C=O) groups is 1. The summed E-state index contributed by atoms with van der Waals surface area (Å²) in [6.45, 7) is 5.36. The number of pyridine rings is 1. The van der Waals surface area contributed by atoms with Gasteiger partial charge in [-0.15, -0.1) is 11.8 Å². The number of carbonyl (C=O) groups excluding carboxylic acids is 1. The van der Waals surface area contributed by atoms with Gasteiger partial charge in [0.25, 0.3) is 5.91 Å². The van der Waals surface area contributed by atoms with E-state index in [0.717, 1.165) is 12.3 Å². The van der Waals surface area contributed by atoms with Crippen molar-refractivity contribution in [2.45, 2.75) is 19.2 Å². The highest BCUT2D eigenvalue weighted by Gasteiger charge is 2.26. The molecule has 1 saturated heterocycles. The minimum absolute atomic E-state index is 0.0537. The molecule has 1 atom stereocenters. The average molecular weight is 252 g/mol. The van der Waals surface area contributed by atoms with Crippen molar-refractivity contribution < 1.29 is 9.53 Å². The zero-order valence-electron chi connectivity index (χ0n) is 10.0. The standard InChI is InChI=1S/C12H16N2O2S/c1-3-16-11-5-4-10(8-13-11)12(15)14-6-7-17-9(14)2/h4-5,8-9H,3,6-7H2,1-2H3. The molecule has 0 spiro atoms. The number of hydrogen-bond donors (Lipinski definition) is 0. The monoisotopic (exact) mass is 252 g/mol. The van der Waals surface area contributed by atoms with Crippen molar-refractivity contribution in [1.82, 2.24) is 9.88 Å². The van der Waals surface area contributed by atoms with E-state index in [1.165, 1.54) is 0 Å². The second kappa shape index (κ2) is 5.40. The van der Waals surface area contributed by atoms with Crippen molar-refractivity contribution in [2.75, 3.05) is 18.9 Å². The number of aromatic nitrogens is 1. The van der Waals surface area contributed by atoms with Gasteiger partial charge in [0.1, 0.15) is 0 Å². The first kappa shape index (κ1) is 12.2. The molecule has 17 heavy (non-hydrogen) atoms. The highest BCUT2D eigenvalue weighted by atomic mass is 32.2. The van der Waals surface area contributed by atoms with Gasteiger partial charge in [0.05, 0.1) is 17.5 Å². The fraction of sp³-hybridized carbons (Fsp3) is 0.500. The lowest BCUT2D eigenvalue weighted by atomic mass is 10.2. The maximum Gasteiger partial charge on any atom is 0.256 e. The van der Waals surface area contributed by atoms with Crippen LogP contribution in [0.25, 0.3) is 0 Å². The van der Waals surface area contributed by atoms with Crippen molar-refractivity contribution in [2.24, 2.45) is 0 Å². The molecule has 1 aromatic rings. The first-order chi connectivity index (χ1) is 8.22. The SMILES string of the molecule is CCOc1ccc(C(=O)N2CCSC2C)cn1. The number of thioether (sulfide) groups is 1. The Kier molecular flexibility index (Phi) is 3.89. The fourth-order valence-electron chi connectivity index (χ4n) is 1.77. The average Bonchev–Trinajstić information content (AvgIpc) is 2.76. The van der Waals surface area contributed by atoms with E-state index in [9.17, 15) is 4.79 Å². The Morgan fingerprint density at radius 2 is 2.47 bits per heavy atom. The van der Waals surface area contributed by atoms with E-state index in [2.05, 4.69) is 11.9 Å². The molecule has 0 bridgehead atoms. The van der Waals surface area contributed by atoms with Gasteiger partial charge in [-0.25, -0.2) is 4.98 Å². The summed E-state index contributed by atoms with van der Waals surface area (Å²) in [5, 5.41) is 0.258. The van der Waals surface area contributed by atoms with Gasteiger partial charge < -0.3 is 9.64 Å². The number of nitrogens with zero attached hydrogens (tertiary/aromatic N) is 2. The molecule has 1 aromatic heterocycles. The largest absolute Gasteiger partial charge is 0.478 e. The third-order valence-electron chi connectivity index (χ3n) is 2.67. The second-order valence-electron chi connectivity index (χ2n) is 3.79. The van der Waals surface area contributed by atoms with Gasteiger partial charge in [-0.2, -0.15) is 0 Å². The quantitative estimate of drug-likeness (QED) is 0.825. The van der Waals surface area contributed by atoms with Crippen LogP contribution < -0.4 is 4.74 Å². The number of rotatable bonds is 3. The lowest BCUT2D eigenvalue weighted by Crippen LogP contribution is -2.33. The third kappa shape index (κ3) is 2.72. The molecule has 2 heterocycles. The van der Waals surface area contributed by atoms with Gasteiger partial charge in [0, 0.05) is 24.6 Å². The molecular formula is C12H16N2O2S. The first-order valence-corrected chi connectivity index (χ1v) is 6.78. The highest BCUT2D eigenvalue weighted by molar-refractivity contribution is 8.00. The Balaban J connectivity index is 2.08. The molecule has 4 nitrogen and oxygen atoms in total. The summed E-state index contributed by atoms with van der Waals surface area (Å²) < 4.78 is 5.25. The lowest BCUT2D eigenvalue weighted by molar-refractivity contribution is 0.0768. The van der Waals surface area contributed by atoms with Gasteiger partial charge in [-0.05, 0) is 19.9 Å².